The first-order valence-corrected chi connectivity index (χ1v) is 8.33. The third kappa shape index (κ3) is 3.22. The molecule has 3 atom stereocenters. The third-order valence-corrected chi connectivity index (χ3v) is 4.72. The zero-order chi connectivity index (χ0) is 17.4. The van der Waals surface area contributed by atoms with Gasteiger partial charge in [-0.3, -0.25) is 9.48 Å². The Hall–Kier alpha value is -2.83. The van der Waals surface area contributed by atoms with Crippen molar-refractivity contribution < 1.29 is 19.1 Å². The predicted octanol–water partition coefficient (Wildman–Crippen LogP) is 1.81. The lowest BCUT2D eigenvalue weighted by Crippen LogP contribution is -2.34. The normalized spacial score (nSPS) is 24.5. The van der Waals surface area contributed by atoms with Crippen LogP contribution in [-0.4, -0.2) is 40.1 Å². The second kappa shape index (κ2) is 6.23. The number of carbonyl (C=O) groups is 2. The van der Waals surface area contributed by atoms with Crippen molar-refractivity contribution in [1.82, 2.24) is 15.1 Å². The summed E-state index contributed by atoms with van der Waals surface area (Å²) in [4.78, 5) is 23.5. The Balaban J connectivity index is 1.40. The van der Waals surface area contributed by atoms with Gasteiger partial charge in [0, 0.05) is 38.0 Å². The lowest BCUT2D eigenvalue weighted by atomic mass is 10.1. The zero-order valence-electron chi connectivity index (χ0n) is 13.8. The standard InChI is InChI=1S/C18H19N3O4/c1-21-13(7-11-5-3-2-4-6-11)10-14(20-21)17(22)19-12-8-15-16(9-12)25-18(23)24-15/h2-6,10,12,15-16H,7-9H2,1H3,(H,19,22)/t12?,15-,16+. The molecule has 130 valence electrons. The Morgan fingerprint density at radius 1 is 1.24 bits per heavy atom. The summed E-state index contributed by atoms with van der Waals surface area (Å²) >= 11 is 0. The highest BCUT2D eigenvalue weighted by molar-refractivity contribution is 5.92. The van der Waals surface area contributed by atoms with Gasteiger partial charge < -0.3 is 14.8 Å². The first-order valence-electron chi connectivity index (χ1n) is 8.33. The molecule has 0 radical (unpaired) electrons. The van der Waals surface area contributed by atoms with E-state index in [9.17, 15) is 9.59 Å². The summed E-state index contributed by atoms with van der Waals surface area (Å²) in [5, 5.41) is 7.28. The van der Waals surface area contributed by atoms with Gasteiger partial charge in [0.15, 0.2) is 0 Å². The van der Waals surface area contributed by atoms with Crippen molar-refractivity contribution in [1.29, 1.82) is 0 Å². The van der Waals surface area contributed by atoms with Crippen LogP contribution in [0, 0.1) is 0 Å². The molecule has 4 rings (SSSR count). The predicted molar refractivity (Wildman–Crippen MR) is 88.1 cm³/mol. The average molecular weight is 341 g/mol. The van der Waals surface area contributed by atoms with Gasteiger partial charge in [-0.25, -0.2) is 4.79 Å². The fourth-order valence-corrected chi connectivity index (χ4v) is 3.45. The summed E-state index contributed by atoms with van der Waals surface area (Å²) in [5.41, 5.74) is 2.53. The maximum atomic E-state index is 12.5. The first-order chi connectivity index (χ1) is 12.1. The molecule has 1 saturated heterocycles. The minimum atomic E-state index is -0.616. The highest BCUT2D eigenvalue weighted by Gasteiger charge is 2.45. The largest absolute Gasteiger partial charge is 0.509 e. The molecule has 1 N–H and O–H groups in total. The van der Waals surface area contributed by atoms with Crippen LogP contribution in [0.3, 0.4) is 0 Å². The van der Waals surface area contributed by atoms with E-state index in [4.69, 9.17) is 9.47 Å². The van der Waals surface area contributed by atoms with Crippen molar-refractivity contribution in [3.63, 3.8) is 0 Å². The van der Waals surface area contributed by atoms with E-state index in [1.54, 1.807) is 4.68 Å². The molecule has 2 heterocycles. The van der Waals surface area contributed by atoms with Crippen molar-refractivity contribution in [3.05, 3.63) is 53.3 Å². The summed E-state index contributed by atoms with van der Waals surface area (Å²) < 4.78 is 11.9. The minimum Gasteiger partial charge on any atom is -0.427 e. The summed E-state index contributed by atoms with van der Waals surface area (Å²) in [7, 11) is 1.84. The number of benzene rings is 1. The molecule has 1 amide bonds. The molecular formula is C18H19N3O4. The molecule has 0 spiro atoms. The van der Waals surface area contributed by atoms with Gasteiger partial charge in [0.05, 0.1) is 0 Å². The molecule has 1 aliphatic heterocycles. The fourth-order valence-electron chi connectivity index (χ4n) is 3.45. The Morgan fingerprint density at radius 3 is 2.60 bits per heavy atom. The van der Waals surface area contributed by atoms with E-state index in [0.717, 1.165) is 12.1 Å². The maximum absolute atomic E-state index is 12.5. The van der Waals surface area contributed by atoms with Crippen molar-refractivity contribution in [2.45, 2.75) is 37.5 Å². The van der Waals surface area contributed by atoms with E-state index in [0.29, 0.717) is 18.5 Å². The van der Waals surface area contributed by atoms with Crippen LogP contribution < -0.4 is 5.32 Å². The smallest absolute Gasteiger partial charge is 0.427 e. The topological polar surface area (TPSA) is 82.5 Å². The van der Waals surface area contributed by atoms with E-state index in [-0.39, 0.29) is 24.2 Å². The number of rotatable bonds is 4. The van der Waals surface area contributed by atoms with Crippen molar-refractivity contribution in [3.8, 4) is 0 Å². The van der Waals surface area contributed by atoms with E-state index in [1.165, 1.54) is 5.56 Å². The molecule has 2 aliphatic rings. The summed E-state index contributed by atoms with van der Waals surface area (Å²) in [6.45, 7) is 0. The lowest BCUT2D eigenvalue weighted by molar-refractivity contribution is 0.0905. The van der Waals surface area contributed by atoms with Crippen LogP contribution in [0.2, 0.25) is 0 Å². The summed E-state index contributed by atoms with van der Waals surface area (Å²) in [6.07, 6.45) is 0.743. The molecule has 1 aromatic heterocycles. The highest BCUT2D eigenvalue weighted by Crippen LogP contribution is 2.31. The number of hydrogen-bond acceptors (Lipinski definition) is 5. The van der Waals surface area contributed by atoms with Gasteiger partial charge in [0.2, 0.25) is 0 Å². The van der Waals surface area contributed by atoms with E-state index >= 15 is 0 Å². The van der Waals surface area contributed by atoms with E-state index < -0.39 is 6.16 Å². The SMILES string of the molecule is Cn1nc(C(=O)NC2C[C@@H]3OC(=O)O[C@@H]3C2)cc1Cc1ccccc1. The quantitative estimate of drug-likeness (QED) is 0.858. The Kier molecular flexibility index (Phi) is 3.91. The molecule has 1 aromatic carbocycles. The maximum Gasteiger partial charge on any atom is 0.509 e. The molecule has 25 heavy (non-hydrogen) atoms. The second-order valence-corrected chi connectivity index (χ2v) is 6.51. The van der Waals surface area contributed by atoms with Gasteiger partial charge >= 0.3 is 6.16 Å². The van der Waals surface area contributed by atoms with Gasteiger partial charge in [0.1, 0.15) is 17.9 Å². The molecule has 1 unspecified atom stereocenters. The Morgan fingerprint density at radius 2 is 1.92 bits per heavy atom. The Labute approximate surface area is 144 Å². The lowest BCUT2D eigenvalue weighted by Gasteiger charge is -2.11. The summed E-state index contributed by atoms with van der Waals surface area (Å²) in [6, 6.07) is 11.8. The first kappa shape index (κ1) is 15.7. The number of nitrogens with one attached hydrogen (secondary N) is 1. The Bertz CT molecular complexity index is 786. The third-order valence-electron chi connectivity index (χ3n) is 4.72. The van der Waals surface area contributed by atoms with Crippen LogP contribution in [0.25, 0.3) is 0 Å². The fraction of sp³-hybridized carbons (Fsp3) is 0.389. The average Bonchev–Trinajstić information content (AvgIpc) is 3.22. The van der Waals surface area contributed by atoms with Crippen LogP contribution in [0.15, 0.2) is 36.4 Å². The van der Waals surface area contributed by atoms with Crippen LogP contribution in [0.1, 0.15) is 34.6 Å². The van der Waals surface area contributed by atoms with Crippen LogP contribution in [0.5, 0.6) is 0 Å². The number of hydrogen-bond donors (Lipinski definition) is 1. The highest BCUT2D eigenvalue weighted by atomic mass is 16.8. The minimum absolute atomic E-state index is 0.0739. The molecule has 2 fully saturated rings. The zero-order valence-corrected chi connectivity index (χ0v) is 13.8. The monoisotopic (exact) mass is 341 g/mol. The number of fused-ring (bicyclic) bond motifs is 1. The number of carbonyl (C=O) groups excluding carboxylic acids is 2. The van der Waals surface area contributed by atoms with Crippen molar-refractivity contribution in [2.75, 3.05) is 0 Å². The molecule has 7 heteroatoms. The molecule has 7 nitrogen and oxygen atoms in total. The number of aromatic nitrogens is 2. The van der Waals surface area contributed by atoms with Gasteiger partial charge in [-0.1, -0.05) is 30.3 Å². The van der Waals surface area contributed by atoms with Crippen LogP contribution in [0.4, 0.5) is 4.79 Å². The molecular weight excluding hydrogens is 322 g/mol. The van der Waals surface area contributed by atoms with Gasteiger partial charge in [0.25, 0.3) is 5.91 Å². The molecule has 2 aromatic rings. The van der Waals surface area contributed by atoms with Crippen LogP contribution >= 0.6 is 0 Å². The van der Waals surface area contributed by atoms with Crippen molar-refractivity contribution in [2.24, 2.45) is 7.05 Å². The van der Waals surface area contributed by atoms with Crippen molar-refractivity contribution >= 4 is 12.1 Å². The number of ether oxygens (including phenoxy) is 2. The van der Waals surface area contributed by atoms with Crippen LogP contribution in [-0.2, 0) is 22.9 Å². The van der Waals surface area contributed by atoms with Gasteiger partial charge in [-0.15, -0.1) is 0 Å². The van der Waals surface area contributed by atoms with Gasteiger partial charge in [-0.2, -0.15) is 5.10 Å². The molecule has 0 bridgehead atoms. The van der Waals surface area contributed by atoms with E-state index in [2.05, 4.69) is 10.4 Å². The van der Waals surface area contributed by atoms with E-state index in [1.807, 2.05) is 43.4 Å². The number of aryl methyl sites for hydroxylation is 1. The second-order valence-electron chi connectivity index (χ2n) is 6.51. The number of amides is 1. The molecule has 1 aliphatic carbocycles. The number of nitrogens with zero attached hydrogens (tertiary/aromatic N) is 2. The van der Waals surface area contributed by atoms with Gasteiger partial charge in [-0.05, 0) is 11.6 Å². The summed E-state index contributed by atoms with van der Waals surface area (Å²) in [5.74, 6) is -0.216. The molecule has 1 saturated carbocycles.